The molecule has 0 atom stereocenters. The molecule has 2 heterocycles. The molecule has 0 fully saturated rings. The lowest BCUT2D eigenvalue weighted by atomic mass is 9.76. The van der Waals surface area contributed by atoms with Crippen LogP contribution in [0.4, 0.5) is 9.59 Å². The van der Waals surface area contributed by atoms with Gasteiger partial charge in [-0.15, -0.1) is 0 Å². The predicted molar refractivity (Wildman–Crippen MR) is 199 cm³/mol. The second-order valence-corrected chi connectivity index (χ2v) is 15.4. The summed E-state index contributed by atoms with van der Waals surface area (Å²) in [6.07, 6.45) is 5.05. The Morgan fingerprint density at radius 1 is 0.612 bits per heavy atom. The van der Waals surface area contributed by atoms with Crippen molar-refractivity contribution in [1.29, 1.82) is 0 Å². The van der Waals surface area contributed by atoms with Gasteiger partial charge < -0.3 is 18.9 Å². The minimum absolute atomic E-state index is 0.364. The number of allylic oxidation sites excluding steroid dienone is 4. The molecular formula is C43H50O6. The number of ether oxygens (including phenoxy) is 4. The summed E-state index contributed by atoms with van der Waals surface area (Å²) in [6.45, 7) is 22.9. The van der Waals surface area contributed by atoms with Gasteiger partial charge in [0, 0.05) is 43.8 Å². The van der Waals surface area contributed by atoms with E-state index in [0.29, 0.717) is 74.4 Å². The van der Waals surface area contributed by atoms with Gasteiger partial charge in [-0.25, -0.2) is 9.59 Å². The third-order valence-corrected chi connectivity index (χ3v) is 9.52. The molecule has 49 heavy (non-hydrogen) atoms. The highest BCUT2D eigenvalue weighted by atomic mass is 16.7. The standard InChI is InChI=1S/C43H50O6/c1-25(2)20-22-42(8,9)34-28(6)36-30-16-12-14-18-32(30)38(34)48-41(45)49-39-33-19-15-13-17-31(33)37(47-40(44)46-36)29(7)35(39)43(10,11)23-21-27(5)24-26(3)4/h12-21,26H,22-24H2,1-11H3/b27-21+. The molecule has 0 amide bonds. The summed E-state index contributed by atoms with van der Waals surface area (Å²) in [5.74, 6) is 2.04. The fourth-order valence-electron chi connectivity index (χ4n) is 7.30. The lowest BCUT2D eigenvalue weighted by Crippen LogP contribution is -2.26. The van der Waals surface area contributed by atoms with Crippen molar-refractivity contribution in [3.8, 4) is 23.0 Å². The quantitative estimate of drug-likeness (QED) is 0.106. The van der Waals surface area contributed by atoms with E-state index in [-0.39, 0.29) is 0 Å². The van der Waals surface area contributed by atoms with Crippen LogP contribution in [-0.2, 0) is 10.8 Å². The Balaban J connectivity index is 1.79. The van der Waals surface area contributed by atoms with E-state index in [1.807, 2.05) is 62.4 Å². The Morgan fingerprint density at radius 2 is 0.959 bits per heavy atom. The number of benzene rings is 4. The third-order valence-electron chi connectivity index (χ3n) is 9.52. The molecule has 0 aromatic heterocycles. The van der Waals surface area contributed by atoms with Gasteiger partial charge in [-0.3, -0.25) is 0 Å². The zero-order valence-corrected chi connectivity index (χ0v) is 30.9. The summed E-state index contributed by atoms with van der Waals surface area (Å²) in [7, 11) is 0. The van der Waals surface area contributed by atoms with Crippen LogP contribution in [0.5, 0.6) is 23.0 Å². The van der Waals surface area contributed by atoms with Crippen LogP contribution in [0, 0.1) is 19.8 Å². The largest absolute Gasteiger partial charge is 0.519 e. The average molecular weight is 663 g/mol. The first-order valence-corrected chi connectivity index (χ1v) is 17.2. The molecule has 2 aliphatic heterocycles. The number of carbonyl (C=O) groups is 2. The van der Waals surface area contributed by atoms with Gasteiger partial charge in [-0.1, -0.05) is 113 Å². The highest BCUT2D eigenvalue weighted by Crippen LogP contribution is 2.50. The van der Waals surface area contributed by atoms with Crippen LogP contribution in [0.1, 0.15) is 104 Å². The summed E-state index contributed by atoms with van der Waals surface area (Å²) in [5.41, 5.74) is 4.31. The van der Waals surface area contributed by atoms with Crippen LogP contribution >= 0.6 is 0 Å². The Labute approximate surface area is 291 Å². The molecule has 4 aromatic rings. The maximum absolute atomic E-state index is 14.2. The minimum Gasteiger partial charge on any atom is -0.394 e. The topological polar surface area (TPSA) is 71.1 Å². The highest BCUT2D eigenvalue weighted by molar-refractivity contribution is 6.01. The molecule has 4 aromatic carbocycles. The second-order valence-electron chi connectivity index (χ2n) is 15.4. The number of carbonyl (C=O) groups excluding carboxylic acids is 2. The summed E-state index contributed by atoms with van der Waals surface area (Å²) < 4.78 is 25.1. The van der Waals surface area contributed by atoms with Gasteiger partial charge in [0.1, 0.15) is 23.0 Å². The van der Waals surface area contributed by atoms with Crippen LogP contribution in [0.3, 0.4) is 0 Å². The molecule has 0 saturated heterocycles. The molecule has 4 bridgehead atoms. The average Bonchev–Trinajstić information content (AvgIpc) is 3.02. The van der Waals surface area contributed by atoms with E-state index >= 15 is 0 Å². The summed E-state index contributed by atoms with van der Waals surface area (Å²) >= 11 is 0. The molecule has 6 rings (SSSR count). The monoisotopic (exact) mass is 662 g/mol. The fourth-order valence-corrected chi connectivity index (χ4v) is 7.30. The van der Waals surface area contributed by atoms with Crippen LogP contribution in [-0.4, -0.2) is 12.3 Å². The first-order chi connectivity index (χ1) is 23.0. The van der Waals surface area contributed by atoms with E-state index in [0.717, 1.165) is 17.5 Å². The van der Waals surface area contributed by atoms with Gasteiger partial charge in [-0.2, -0.15) is 0 Å². The van der Waals surface area contributed by atoms with E-state index in [1.54, 1.807) is 0 Å². The summed E-state index contributed by atoms with van der Waals surface area (Å²) in [4.78, 5) is 28.2. The summed E-state index contributed by atoms with van der Waals surface area (Å²) in [5, 5.41) is 2.52. The molecule has 0 N–H and O–H groups in total. The molecule has 2 aliphatic rings. The number of fused-ring (bicyclic) bond motifs is 6. The minimum atomic E-state index is -0.846. The molecule has 0 spiro atoms. The van der Waals surface area contributed by atoms with Gasteiger partial charge in [0.15, 0.2) is 0 Å². The van der Waals surface area contributed by atoms with E-state index in [1.165, 1.54) is 11.1 Å². The first kappa shape index (κ1) is 35.7. The second kappa shape index (κ2) is 13.7. The van der Waals surface area contributed by atoms with Crippen LogP contribution in [0.15, 0.2) is 71.8 Å². The third kappa shape index (κ3) is 7.24. The van der Waals surface area contributed by atoms with E-state index in [4.69, 9.17) is 18.9 Å². The van der Waals surface area contributed by atoms with Crippen molar-refractivity contribution in [2.24, 2.45) is 5.92 Å². The lowest BCUT2D eigenvalue weighted by molar-refractivity contribution is 0.147. The van der Waals surface area contributed by atoms with Crippen LogP contribution in [0.2, 0.25) is 0 Å². The predicted octanol–water partition coefficient (Wildman–Crippen LogP) is 12.4. The van der Waals surface area contributed by atoms with Crippen molar-refractivity contribution in [2.45, 2.75) is 106 Å². The van der Waals surface area contributed by atoms with Gasteiger partial charge in [0.2, 0.25) is 0 Å². The van der Waals surface area contributed by atoms with Crippen molar-refractivity contribution in [1.82, 2.24) is 0 Å². The molecule has 6 heteroatoms. The van der Waals surface area contributed by atoms with E-state index in [2.05, 4.69) is 74.5 Å². The molecule has 0 radical (unpaired) electrons. The zero-order chi connectivity index (χ0) is 35.8. The van der Waals surface area contributed by atoms with Crippen molar-refractivity contribution in [3.63, 3.8) is 0 Å². The Morgan fingerprint density at radius 3 is 1.33 bits per heavy atom. The molecular weight excluding hydrogens is 612 g/mol. The Kier molecular flexibility index (Phi) is 10.0. The normalized spacial score (nSPS) is 14.1. The van der Waals surface area contributed by atoms with Gasteiger partial charge in [0.05, 0.1) is 0 Å². The Hall–Kier alpha value is -4.58. The maximum Gasteiger partial charge on any atom is 0.519 e. The van der Waals surface area contributed by atoms with Gasteiger partial charge >= 0.3 is 12.3 Å². The van der Waals surface area contributed by atoms with E-state index < -0.39 is 23.1 Å². The van der Waals surface area contributed by atoms with Crippen LogP contribution < -0.4 is 18.9 Å². The Bertz CT molecular complexity index is 2000. The highest BCUT2D eigenvalue weighted by Gasteiger charge is 2.36. The molecule has 6 nitrogen and oxygen atoms in total. The van der Waals surface area contributed by atoms with Crippen molar-refractivity contribution in [2.75, 3.05) is 0 Å². The molecule has 258 valence electrons. The molecule has 0 aliphatic carbocycles. The van der Waals surface area contributed by atoms with Crippen molar-refractivity contribution < 1.29 is 28.5 Å². The SMILES string of the molecule is CC(C)=CCC(C)(C)c1c(C)c2c3ccccc3c1OC(=O)Oc1c(C(C)(C)C/C=C(\C)CC(C)C)c(C)c(c3ccccc13)OC(=O)O2. The van der Waals surface area contributed by atoms with Gasteiger partial charge in [0.25, 0.3) is 0 Å². The zero-order valence-electron chi connectivity index (χ0n) is 30.9. The lowest BCUT2D eigenvalue weighted by Gasteiger charge is -2.32. The maximum atomic E-state index is 14.2. The van der Waals surface area contributed by atoms with Crippen molar-refractivity contribution >= 4 is 33.9 Å². The smallest absolute Gasteiger partial charge is 0.394 e. The van der Waals surface area contributed by atoms with Crippen LogP contribution in [0.25, 0.3) is 21.5 Å². The molecule has 0 unspecified atom stereocenters. The first-order valence-electron chi connectivity index (χ1n) is 17.2. The van der Waals surface area contributed by atoms with E-state index in [9.17, 15) is 9.59 Å². The van der Waals surface area contributed by atoms with Crippen molar-refractivity contribution in [3.05, 3.63) is 94.1 Å². The van der Waals surface area contributed by atoms with Gasteiger partial charge in [-0.05, 0) is 70.6 Å². The molecule has 0 saturated carbocycles. The number of rotatable bonds is 8. The fraction of sp³-hybridized carbons (Fsp3) is 0.395. The number of hydrogen-bond donors (Lipinski definition) is 0. The number of hydrogen-bond acceptors (Lipinski definition) is 6. The summed E-state index contributed by atoms with van der Waals surface area (Å²) in [6, 6.07) is 14.9.